The molecule has 0 aromatic heterocycles. The molecule has 3 N–H and O–H groups in total. The van der Waals surface area contributed by atoms with Gasteiger partial charge in [-0.15, -0.1) is 0 Å². The van der Waals surface area contributed by atoms with E-state index < -0.39 is 18.1 Å². The lowest BCUT2D eigenvalue weighted by Gasteiger charge is -2.20. The third-order valence-electron chi connectivity index (χ3n) is 1.74. The second-order valence-corrected chi connectivity index (χ2v) is 4.22. The van der Waals surface area contributed by atoms with Crippen LogP contribution in [0.1, 0.15) is 34.1 Å². The van der Waals surface area contributed by atoms with E-state index in [0.29, 0.717) is 12.3 Å². The highest BCUT2D eigenvalue weighted by Crippen LogP contribution is 2.08. The number of rotatable bonds is 5. The molecule has 0 bridgehead atoms. The summed E-state index contributed by atoms with van der Waals surface area (Å²) in [6.45, 7) is 7.44. The topological polar surface area (TPSA) is 72.5 Å². The molecular weight excluding hydrogens is 182 g/mol. The zero-order chi connectivity index (χ0) is 11.3. The summed E-state index contributed by atoms with van der Waals surface area (Å²) in [5, 5.41) is 9.48. The van der Waals surface area contributed by atoms with Crippen LogP contribution in [0.25, 0.3) is 0 Å². The molecule has 84 valence electrons. The van der Waals surface area contributed by atoms with Crippen molar-refractivity contribution in [2.24, 2.45) is 11.7 Å². The van der Waals surface area contributed by atoms with Gasteiger partial charge in [0, 0.05) is 6.04 Å². The van der Waals surface area contributed by atoms with Crippen molar-refractivity contribution in [2.45, 2.75) is 52.4 Å². The van der Waals surface area contributed by atoms with Gasteiger partial charge in [0.25, 0.3) is 0 Å². The molecule has 0 aliphatic heterocycles. The van der Waals surface area contributed by atoms with Crippen molar-refractivity contribution >= 4 is 5.97 Å². The molecule has 0 radical (unpaired) electrons. The Morgan fingerprint density at radius 3 is 2.21 bits per heavy atom. The van der Waals surface area contributed by atoms with Gasteiger partial charge in [-0.25, -0.2) is 4.79 Å². The Kier molecular flexibility index (Phi) is 5.72. The number of hydrogen-bond donors (Lipinski definition) is 2. The van der Waals surface area contributed by atoms with Crippen molar-refractivity contribution in [3.05, 3.63) is 0 Å². The van der Waals surface area contributed by atoms with Gasteiger partial charge in [0.2, 0.25) is 0 Å². The fraction of sp³-hybridized carbons (Fsp3) is 0.900. The van der Waals surface area contributed by atoms with Crippen molar-refractivity contribution in [2.75, 3.05) is 0 Å². The van der Waals surface area contributed by atoms with Gasteiger partial charge >= 0.3 is 5.97 Å². The minimum Gasteiger partial charge on any atom is -0.461 e. The number of carbonyl (C=O) groups is 1. The van der Waals surface area contributed by atoms with E-state index in [-0.39, 0.29) is 6.10 Å². The van der Waals surface area contributed by atoms with E-state index in [9.17, 15) is 9.90 Å². The summed E-state index contributed by atoms with van der Waals surface area (Å²) in [4.78, 5) is 11.2. The van der Waals surface area contributed by atoms with Crippen LogP contribution in [-0.2, 0) is 9.53 Å². The molecular formula is C10H21NO3. The van der Waals surface area contributed by atoms with Crippen molar-refractivity contribution in [1.29, 1.82) is 0 Å². The first kappa shape index (κ1) is 13.4. The molecule has 0 aliphatic rings. The number of ether oxygens (including phenoxy) is 1. The summed E-state index contributed by atoms with van der Waals surface area (Å²) >= 11 is 0. The smallest absolute Gasteiger partial charge is 0.336 e. The van der Waals surface area contributed by atoms with Crippen LogP contribution in [0.4, 0.5) is 0 Å². The Balaban J connectivity index is 4.03. The molecule has 0 spiro atoms. The number of nitrogens with two attached hydrogens (primary N) is 1. The maximum Gasteiger partial charge on any atom is 0.336 e. The Morgan fingerprint density at radius 1 is 1.36 bits per heavy atom. The molecule has 0 amide bonds. The normalized spacial score (nSPS) is 15.7. The van der Waals surface area contributed by atoms with Gasteiger partial charge in [0.15, 0.2) is 6.10 Å². The summed E-state index contributed by atoms with van der Waals surface area (Å²) in [5.41, 5.74) is 5.64. The lowest BCUT2D eigenvalue weighted by atomic mass is 10.0. The van der Waals surface area contributed by atoms with Gasteiger partial charge in [0.1, 0.15) is 0 Å². The predicted molar refractivity (Wildman–Crippen MR) is 54.7 cm³/mol. The average Bonchev–Trinajstić information content (AvgIpc) is 2.00. The molecule has 4 heteroatoms. The Labute approximate surface area is 85.4 Å². The summed E-state index contributed by atoms with van der Waals surface area (Å²) in [7, 11) is 0. The second kappa shape index (κ2) is 5.98. The number of esters is 1. The molecule has 0 fully saturated rings. The van der Waals surface area contributed by atoms with E-state index in [1.165, 1.54) is 0 Å². The van der Waals surface area contributed by atoms with E-state index in [0.717, 1.165) is 0 Å². The molecule has 0 aliphatic carbocycles. The first-order chi connectivity index (χ1) is 6.34. The largest absolute Gasteiger partial charge is 0.461 e. The number of aliphatic hydroxyl groups is 1. The Bertz CT molecular complexity index is 180. The van der Waals surface area contributed by atoms with Crippen LogP contribution in [0.3, 0.4) is 0 Å². The average molecular weight is 203 g/mol. The van der Waals surface area contributed by atoms with Crippen LogP contribution in [0.5, 0.6) is 0 Å². The summed E-state index contributed by atoms with van der Waals surface area (Å²) in [6.07, 6.45) is -0.822. The van der Waals surface area contributed by atoms with Crippen molar-refractivity contribution in [3.63, 3.8) is 0 Å². The maximum atomic E-state index is 11.2. The third kappa shape index (κ3) is 5.19. The minimum atomic E-state index is -1.21. The van der Waals surface area contributed by atoms with Crippen molar-refractivity contribution in [3.8, 4) is 0 Å². The fourth-order valence-electron chi connectivity index (χ4n) is 1.15. The van der Waals surface area contributed by atoms with Gasteiger partial charge in [-0.05, 0) is 26.2 Å². The van der Waals surface area contributed by atoms with Gasteiger partial charge in [-0.3, -0.25) is 0 Å². The monoisotopic (exact) mass is 203 g/mol. The van der Waals surface area contributed by atoms with Crippen LogP contribution >= 0.6 is 0 Å². The van der Waals surface area contributed by atoms with Crippen molar-refractivity contribution in [1.82, 2.24) is 0 Å². The molecule has 1 unspecified atom stereocenters. The van der Waals surface area contributed by atoms with Gasteiger partial charge < -0.3 is 15.6 Å². The molecule has 0 saturated carbocycles. The minimum absolute atomic E-state index is 0.219. The highest BCUT2D eigenvalue weighted by Gasteiger charge is 2.25. The molecule has 0 saturated heterocycles. The van der Waals surface area contributed by atoms with Crippen LogP contribution < -0.4 is 5.73 Å². The van der Waals surface area contributed by atoms with Crippen molar-refractivity contribution < 1.29 is 14.6 Å². The van der Waals surface area contributed by atoms with Crippen LogP contribution in [-0.4, -0.2) is 29.3 Å². The molecule has 2 atom stereocenters. The van der Waals surface area contributed by atoms with Crippen LogP contribution in [0.15, 0.2) is 0 Å². The SMILES string of the molecule is CC(C)C[C@H](N)C(O)C(=O)OC(C)C. The molecule has 0 rings (SSSR count). The quantitative estimate of drug-likeness (QED) is 0.644. The number of hydrogen-bond acceptors (Lipinski definition) is 4. The summed E-state index contributed by atoms with van der Waals surface area (Å²) in [6, 6.07) is -0.541. The van der Waals surface area contributed by atoms with E-state index in [4.69, 9.17) is 10.5 Å². The summed E-state index contributed by atoms with van der Waals surface area (Å²) in [5.74, 6) is -0.278. The first-order valence-electron chi connectivity index (χ1n) is 4.98. The van der Waals surface area contributed by atoms with Gasteiger partial charge in [-0.2, -0.15) is 0 Å². The number of aliphatic hydroxyl groups excluding tert-OH is 1. The lowest BCUT2D eigenvalue weighted by Crippen LogP contribution is -2.42. The third-order valence-corrected chi connectivity index (χ3v) is 1.74. The molecule has 14 heavy (non-hydrogen) atoms. The van der Waals surface area contributed by atoms with E-state index in [2.05, 4.69) is 0 Å². The van der Waals surface area contributed by atoms with Gasteiger partial charge in [-0.1, -0.05) is 13.8 Å². The van der Waals surface area contributed by atoms with Crippen LogP contribution in [0.2, 0.25) is 0 Å². The fourth-order valence-corrected chi connectivity index (χ4v) is 1.15. The highest BCUT2D eigenvalue weighted by atomic mass is 16.6. The number of carbonyl (C=O) groups excluding carboxylic acids is 1. The highest BCUT2D eigenvalue weighted by molar-refractivity contribution is 5.75. The first-order valence-corrected chi connectivity index (χ1v) is 4.98. The molecule has 0 aromatic rings. The summed E-state index contributed by atoms with van der Waals surface area (Å²) < 4.78 is 4.85. The van der Waals surface area contributed by atoms with E-state index in [1.54, 1.807) is 13.8 Å². The zero-order valence-electron chi connectivity index (χ0n) is 9.36. The Morgan fingerprint density at radius 2 is 1.86 bits per heavy atom. The Hall–Kier alpha value is -0.610. The molecule has 0 aromatic carbocycles. The van der Waals surface area contributed by atoms with Gasteiger partial charge in [0.05, 0.1) is 6.10 Å². The lowest BCUT2D eigenvalue weighted by molar-refractivity contribution is -0.158. The standard InChI is InChI=1S/C10H21NO3/c1-6(2)5-8(11)9(12)10(13)14-7(3)4/h6-9,12H,5,11H2,1-4H3/t8-,9?/m0/s1. The molecule has 0 heterocycles. The predicted octanol–water partition coefficient (Wildman–Crippen LogP) is 0.672. The van der Waals surface area contributed by atoms with E-state index in [1.807, 2.05) is 13.8 Å². The molecule has 4 nitrogen and oxygen atoms in total. The zero-order valence-corrected chi connectivity index (χ0v) is 9.36. The van der Waals surface area contributed by atoms with Crippen LogP contribution in [0, 0.1) is 5.92 Å². The van der Waals surface area contributed by atoms with E-state index >= 15 is 0 Å². The maximum absolute atomic E-state index is 11.2. The second-order valence-electron chi connectivity index (χ2n) is 4.22.